The minimum absolute atomic E-state index is 0.568. The summed E-state index contributed by atoms with van der Waals surface area (Å²) in [6, 6.07) is 2.53. The van der Waals surface area contributed by atoms with E-state index in [2.05, 4.69) is 39.3 Å². The molecule has 1 fully saturated rings. The third kappa shape index (κ3) is 3.49. The number of anilines is 2. The third-order valence-corrected chi connectivity index (χ3v) is 4.29. The van der Waals surface area contributed by atoms with E-state index in [0.717, 1.165) is 16.9 Å². The number of rotatable bonds is 5. The summed E-state index contributed by atoms with van der Waals surface area (Å²) in [5.41, 5.74) is 0. The lowest BCUT2D eigenvalue weighted by Crippen LogP contribution is -2.17. The number of thioether (sulfide) groups is 1. The molecule has 1 aromatic heterocycles. The Hall–Kier alpha value is -0.970. The molecule has 1 heterocycles. The molecule has 2 atom stereocenters. The van der Waals surface area contributed by atoms with Crippen LogP contribution in [0.1, 0.15) is 26.2 Å². The monoisotopic (exact) mass is 252 g/mol. The Kier molecular flexibility index (Phi) is 4.48. The fourth-order valence-electron chi connectivity index (χ4n) is 2.24. The zero-order valence-electron chi connectivity index (χ0n) is 10.4. The van der Waals surface area contributed by atoms with Gasteiger partial charge in [0.15, 0.2) is 0 Å². The molecule has 1 saturated carbocycles. The maximum absolute atomic E-state index is 4.25. The van der Waals surface area contributed by atoms with Crippen LogP contribution in [0.5, 0.6) is 0 Å². The van der Waals surface area contributed by atoms with E-state index in [1.807, 2.05) is 13.1 Å². The molecule has 1 aromatic rings. The van der Waals surface area contributed by atoms with Crippen LogP contribution < -0.4 is 10.6 Å². The van der Waals surface area contributed by atoms with Crippen molar-refractivity contribution < 1.29 is 0 Å². The first-order valence-corrected chi connectivity index (χ1v) is 7.24. The van der Waals surface area contributed by atoms with E-state index in [9.17, 15) is 0 Å². The molecule has 0 radical (unpaired) electrons. The Balaban J connectivity index is 1.88. The van der Waals surface area contributed by atoms with Gasteiger partial charge in [-0.15, -0.1) is 0 Å². The normalized spacial score (nSPS) is 23.6. The Labute approximate surface area is 107 Å². The summed E-state index contributed by atoms with van der Waals surface area (Å²) in [6.07, 6.45) is 5.41. The Morgan fingerprint density at radius 3 is 2.94 bits per heavy atom. The van der Waals surface area contributed by atoms with Gasteiger partial charge in [0.25, 0.3) is 0 Å². The number of nitrogens with zero attached hydrogens (tertiary/aromatic N) is 2. The second-order valence-electron chi connectivity index (χ2n) is 4.27. The highest BCUT2D eigenvalue weighted by atomic mass is 32.2. The van der Waals surface area contributed by atoms with Crippen molar-refractivity contribution in [3.8, 4) is 0 Å². The van der Waals surface area contributed by atoms with Crippen LogP contribution in [-0.2, 0) is 0 Å². The standard InChI is InChI=1S/C12H20N4S/c1-3-17-10-5-4-9(6-10)16-12-7-11(13-2)14-8-15-12/h7-10H,3-6H2,1-2H3,(H2,13,14,15,16). The molecule has 2 unspecified atom stereocenters. The lowest BCUT2D eigenvalue weighted by Gasteiger charge is -2.14. The van der Waals surface area contributed by atoms with Crippen molar-refractivity contribution in [1.29, 1.82) is 0 Å². The molecule has 0 spiro atoms. The molecule has 2 rings (SSSR count). The summed E-state index contributed by atoms with van der Waals surface area (Å²) >= 11 is 2.08. The molecule has 1 aliphatic rings. The average Bonchev–Trinajstić information content (AvgIpc) is 2.77. The highest BCUT2D eigenvalue weighted by Crippen LogP contribution is 2.31. The molecule has 94 valence electrons. The van der Waals surface area contributed by atoms with E-state index in [4.69, 9.17) is 0 Å². The van der Waals surface area contributed by atoms with Gasteiger partial charge in [-0.1, -0.05) is 6.92 Å². The first-order valence-electron chi connectivity index (χ1n) is 6.19. The summed E-state index contributed by atoms with van der Waals surface area (Å²) in [5, 5.41) is 7.35. The number of nitrogens with one attached hydrogen (secondary N) is 2. The maximum Gasteiger partial charge on any atom is 0.131 e. The molecule has 4 nitrogen and oxygen atoms in total. The molecule has 2 N–H and O–H groups in total. The van der Waals surface area contributed by atoms with E-state index in [1.165, 1.54) is 25.0 Å². The molecule has 5 heteroatoms. The lowest BCUT2D eigenvalue weighted by atomic mass is 10.2. The van der Waals surface area contributed by atoms with Crippen molar-refractivity contribution in [2.75, 3.05) is 23.4 Å². The van der Waals surface area contributed by atoms with E-state index in [0.29, 0.717) is 6.04 Å². The van der Waals surface area contributed by atoms with Crippen molar-refractivity contribution in [3.05, 3.63) is 12.4 Å². The van der Waals surface area contributed by atoms with Crippen molar-refractivity contribution >= 4 is 23.4 Å². The van der Waals surface area contributed by atoms with Crippen LogP contribution in [0.3, 0.4) is 0 Å². The summed E-state index contributed by atoms with van der Waals surface area (Å²) in [5.74, 6) is 3.01. The van der Waals surface area contributed by atoms with E-state index in [1.54, 1.807) is 6.33 Å². The first-order chi connectivity index (χ1) is 8.31. The van der Waals surface area contributed by atoms with Gasteiger partial charge in [-0.2, -0.15) is 11.8 Å². The molecular weight excluding hydrogens is 232 g/mol. The molecule has 0 amide bonds. The third-order valence-electron chi connectivity index (χ3n) is 3.06. The van der Waals surface area contributed by atoms with Crippen LogP contribution in [-0.4, -0.2) is 34.1 Å². The fourth-order valence-corrected chi connectivity index (χ4v) is 3.38. The van der Waals surface area contributed by atoms with Gasteiger partial charge in [-0.05, 0) is 25.0 Å². The molecule has 0 bridgehead atoms. The second kappa shape index (κ2) is 6.10. The van der Waals surface area contributed by atoms with E-state index in [-0.39, 0.29) is 0 Å². The zero-order valence-corrected chi connectivity index (χ0v) is 11.3. The molecule has 0 saturated heterocycles. The molecule has 0 aromatic carbocycles. The predicted molar refractivity (Wildman–Crippen MR) is 74.8 cm³/mol. The van der Waals surface area contributed by atoms with Crippen molar-refractivity contribution in [2.45, 2.75) is 37.5 Å². The van der Waals surface area contributed by atoms with Crippen molar-refractivity contribution in [1.82, 2.24) is 9.97 Å². The quantitative estimate of drug-likeness (QED) is 0.843. The molecule has 1 aliphatic carbocycles. The predicted octanol–water partition coefficient (Wildman–Crippen LogP) is 2.60. The van der Waals surface area contributed by atoms with Crippen LogP contribution in [0.15, 0.2) is 12.4 Å². The van der Waals surface area contributed by atoms with E-state index >= 15 is 0 Å². The Morgan fingerprint density at radius 2 is 2.18 bits per heavy atom. The van der Waals surface area contributed by atoms with Crippen molar-refractivity contribution in [2.24, 2.45) is 0 Å². The molecule has 0 aliphatic heterocycles. The maximum atomic E-state index is 4.25. The number of hydrogen-bond acceptors (Lipinski definition) is 5. The topological polar surface area (TPSA) is 49.8 Å². The van der Waals surface area contributed by atoms with Gasteiger partial charge in [0.1, 0.15) is 18.0 Å². The lowest BCUT2D eigenvalue weighted by molar-refractivity contribution is 0.751. The Bertz CT molecular complexity index is 358. The van der Waals surface area contributed by atoms with Crippen LogP contribution in [0.4, 0.5) is 11.6 Å². The van der Waals surface area contributed by atoms with Crippen LogP contribution in [0.2, 0.25) is 0 Å². The smallest absolute Gasteiger partial charge is 0.131 e. The minimum atomic E-state index is 0.568. The number of hydrogen-bond donors (Lipinski definition) is 2. The first kappa shape index (κ1) is 12.5. The van der Waals surface area contributed by atoms with Crippen molar-refractivity contribution in [3.63, 3.8) is 0 Å². The van der Waals surface area contributed by atoms with Crippen LogP contribution in [0, 0.1) is 0 Å². The Morgan fingerprint density at radius 1 is 1.35 bits per heavy atom. The average molecular weight is 252 g/mol. The highest BCUT2D eigenvalue weighted by molar-refractivity contribution is 7.99. The zero-order chi connectivity index (χ0) is 12.1. The summed E-state index contributed by atoms with van der Waals surface area (Å²) in [7, 11) is 1.87. The highest BCUT2D eigenvalue weighted by Gasteiger charge is 2.24. The fraction of sp³-hybridized carbons (Fsp3) is 0.667. The molecule has 17 heavy (non-hydrogen) atoms. The van der Waals surface area contributed by atoms with Gasteiger partial charge in [0.05, 0.1) is 0 Å². The van der Waals surface area contributed by atoms with Gasteiger partial charge < -0.3 is 10.6 Å². The number of aromatic nitrogens is 2. The largest absolute Gasteiger partial charge is 0.373 e. The summed E-state index contributed by atoms with van der Waals surface area (Å²) < 4.78 is 0. The molecular formula is C12H20N4S. The van der Waals surface area contributed by atoms with Gasteiger partial charge in [0, 0.05) is 24.4 Å². The summed E-state index contributed by atoms with van der Waals surface area (Å²) in [6.45, 7) is 2.23. The summed E-state index contributed by atoms with van der Waals surface area (Å²) in [4.78, 5) is 8.36. The minimum Gasteiger partial charge on any atom is -0.373 e. The van der Waals surface area contributed by atoms with Crippen LogP contribution >= 0.6 is 11.8 Å². The van der Waals surface area contributed by atoms with Gasteiger partial charge in [-0.3, -0.25) is 0 Å². The van der Waals surface area contributed by atoms with Crippen LogP contribution in [0.25, 0.3) is 0 Å². The van der Waals surface area contributed by atoms with Gasteiger partial charge in [-0.25, -0.2) is 9.97 Å². The van der Waals surface area contributed by atoms with E-state index < -0.39 is 0 Å². The second-order valence-corrected chi connectivity index (χ2v) is 5.85. The SMILES string of the molecule is CCSC1CCC(Nc2cc(NC)ncn2)C1. The van der Waals surface area contributed by atoms with Gasteiger partial charge >= 0.3 is 0 Å². The van der Waals surface area contributed by atoms with Gasteiger partial charge in [0.2, 0.25) is 0 Å².